The van der Waals surface area contributed by atoms with E-state index in [0.717, 1.165) is 6.42 Å². The zero-order chi connectivity index (χ0) is 9.11. The molecule has 11 heavy (non-hydrogen) atoms. The van der Waals surface area contributed by atoms with Gasteiger partial charge in [0.1, 0.15) is 0 Å². The maximum absolute atomic E-state index is 9.30. The van der Waals surface area contributed by atoms with E-state index < -0.39 is 0 Å². The second-order valence-corrected chi connectivity index (χ2v) is 2.51. The molecule has 0 aromatic heterocycles. The molecule has 0 aromatic carbocycles. The summed E-state index contributed by atoms with van der Waals surface area (Å²) in [4.78, 5) is 1.68. The Morgan fingerprint density at radius 3 is 1.18 bits per heavy atom. The summed E-state index contributed by atoms with van der Waals surface area (Å²) < 4.78 is 0. The highest BCUT2D eigenvalue weighted by Crippen LogP contribution is 1.56. The zero-order valence-corrected chi connectivity index (χ0v) is 8.44. The van der Waals surface area contributed by atoms with E-state index >= 15 is 0 Å². The monoisotopic (exact) mass is 161 g/mol. The van der Waals surface area contributed by atoms with Crippen molar-refractivity contribution in [1.29, 1.82) is 0 Å². The van der Waals surface area contributed by atoms with Gasteiger partial charge >= 0.3 is 0 Å². The molecule has 0 radical (unpaired) electrons. The minimum absolute atomic E-state index is 0.0694. The minimum Gasteiger partial charge on any atom is -0.854 e. The molecule has 0 fully saturated rings. The van der Waals surface area contributed by atoms with Gasteiger partial charge in [-0.1, -0.05) is 13.3 Å². The van der Waals surface area contributed by atoms with Crippen molar-refractivity contribution in [2.24, 2.45) is 0 Å². The molecular weight excluding hydrogens is 138 g/mol. The molecule has 0 saturated heterocycles. The Kier molecular flexibility index (Phi) is 15.4. The zero-order valence-electron chi connectivity index (χ0n) is 8.44. The van der Waals surface area contributed by atoms with Crippen molar-refractivity contribution in [3.8, 4) is 0 Å². The molecule has 0 heterocycles. The van der Waals surface area contributed by atoms with Crippen LogP contribution in [0.25, 0.3) is 0 Å². The van der Waals surface area contributed by atoms with Crippen LogP contribution in [0.4, 0.5) is 0 Å². The molecule has 2 heteroatoms. The summed E-state index contributed by atoms with van der Waals surface area (Å²) in [5.41, 5.74) is 0. The lowest BCUT2D eigenvalue weighted by Gasteiger charge is -2.10. The van der Waals surface area contributed by atoms with Crippen LogP contribution in [0.3, 0.4) is 0 Å². The summed E-state index contributed by atoms with van der Waals surface area (Å²) >= 11 is 0. The van der Waals surface area contributed by atoms with E-state index in [1.54, 1.807) is 4.90 Å². The highest BCUT2D eigenvalue weighted by Gasteiger charge is 1.92. The number of rotatable bonds is 4. The van der Waals surface area contributed by atoms with Gasteiger partial charge in [0.25, 0.3) is 0 Å². The van der Waals surface area contributed by atoms with Gasteiger partial charge in [-0.2, -0.15) is 0 Å². The molecule has 0 aliphatic carbocycles. The van der Waals surface area contributed by atoms with Crippen LogP contribution in [0.5, 0.6) is 0 Å². The number of quaternary nitrogens is 1. The normalized spacial score (nSPS) is 9.27. The van der Waals surface area contributed by atoms with Crippen LogP contribution in [-0.2, 0) is 0 Å². The molecule has 0 aliphatic heterocycles. The fourth-order valence-electron chi connectivity index (χ4n) is 0.750. The van der Waals surface area contributed by atoms with Crippen LogP contribution in [-0.4, -0.2) is 26.2 Å². The van der Waals surface area contributed by atoms with Crippen LogP contribution < -0.4 is 10.0 Å². The molecule has 0 rings (SSSR count). The van der Waals surface area contributed by atoms with Gasteiger partial charge in [-0.05, 0) is 20.8 Å². The predicted octanol–water partition coefficient (Wildman–Crippen LogP) is -0.312. The Balaban J connectivity index is 0. The molecule has 70 valence electrons. The standard InChI is InChI=1S/C6H15N.C3H7O/c1-4-7(5-2)6-3;1-2-3-4/h4-6H2,1-3H3;2-3H2,1H3/q;-1/p+1. The average Bonchev–Trinajstić information content (AvgIpc) is 2.08. The van der Waals surface area contributed by atoms with E-state index in [9.17, 15) is 5.11 Å². The van der Waals surface area contributed by atoms with Crippen molar-refractivity contribution in [3.05, 3.63) is 0 Å². The summed E-state index contributed by atoms with van der Waals surface area (Å²) in [5.74, 6) is 0. The van der Waals surface area contributed by atoms with Crippen LogP contribution in [0.15, 0.2) is 0 Å². The third-order valence-electron chi connectivity index (χ3n) is 1.70. The van der Waals surface area contributed by atoms with Crippen molar-refractivity contribution >= 4 is 0 Å². The van der Waals surface area contributed by atoms with E-state index in [1.165, 1.54) is 19.6 Å². The highest BCUT2D eigenvalue weighted by atomic mass is 16.2. The van der Waals surface area contributed by atoms with Gasteiger partial charge in [0.2, 0.25) is 0 Å². The topological polar surface area (TPSA) is 27.5 Å². The molecule has 0 amide bonds. The lowest BCUT2D eigenvalue weighted by Crippen LogP contribution is -3.11. The largest absolute Gasteiger partial charge is 0.854 e. The molecule has 0 saturated carbocycles. The summed E-state index contributed by atoms with van der Waals surface area (Å²) in [6, 6.07) is 0. The number of hydrogen-bond donors (Lipinski definition) is 1. The van der Waals surface area contributed by atoms with Gasteiger partial charge in [-0.25, -0.2) is 0 Å². The minimum atomic E-state index is 0.0694. The first kappa shape index (κ1) is 13.5. The Morgan fingerprint density at radius 2 is 1.18 bits per heavy atom. The maximum Gasteiger partial charge on any atom is 0.0742 e. The molecule has 0 atom stereocenters. The Bertz CT molecular complexity index is 46.0. The Hall–Kier alpha value is -0.0800. The smallest absolute Gasteiger partial charge is 0.0742 e. The number of hydrogen-bond acceptors (Lipinski definition) is 1. The van der Waals surface area contributed by atoms with Gasteiger partial charge in [0, 0.05) is 0 Å². The first-order valence-corrected chi connectivity index (χ1v) is 4.68. The van der Waals surface area contributed by atoms with Crippen LogP contribution >= 0.6 is 0 Å². The SMILES string of the molecule is CCC[O-].CC[NH+](CC)CC. The fourth-order valence-corrected chi connectivity index (χ4v) is 0.750. The molecule has 1 N–H and O–H groups in total. The van der Waals surface area contributed by atoms with Gasteiger partial charge < -0.3 is 10.0 Å². The fraction of sp³-hybridized carbons (Fsp3) is 1.00. The van der Waals surface area contributed by atoms with E-state index in [-0.39, 0.29) is 6.61 Å². The van der Waals surface area contributed by atoms with Crippen molar-refractivity contribution in [2.45, 2.75) is 34.1 Å². The summed E-state index contributed by atoms with van der Waals surface area (Å²) in [6.45, 7) is 12.4. The highest BCUT2D eigenvalue weighted by molar-refractivity contribution is 4.11. The lowest BCUT2D eigenvalue weighted by molar-refractivity contribution is -0.894. The Morgan fingerprint density at radius 1 is 0.909 bits per heavy atom. The summed E-state index contributed by atoms with van der Waals surface area (Å²) in [7, 11) is 0. The molecule has 0 aliphatic rings. The van der Waals surface area contributed by atoms with Gasteiger partial charge in [0.05, 0.1) is 19.6 Å². The van der Waals surface area contributed by atoms with E-state index in [0.29, 0.717) is 0 Å². The van der Waals surface area contributed by atoms with Crippen molar-refractivity contribution in [3.63, 3.8) is 0 Å². The summed E-state index contributed by atoms with van der Waals surface area (Å²) in [6.07, 6.45) is 0.764. The second kappa shape index (κ2) is 12.6. The van der Waals surface area contributed by atoms with Crippen molar-refractivity contribution in [1.82, 2.24) is 0 Å². The van der Waals surface area contributed by atoms with Gasteiger partial charge in [-0.15, -0.1) is 6.61 Å². The Labute approximate surface area is 71.2 Å². The predicted molar refractivity (Wildman–Crippen MR) is 47.7 cm³/mol. The third-order valence-corrected chi connectivity index (χ3v) is 1.70. The maximum atomic E-state index is 9.30. The molecule has 0 aromatic rings. The van der Waals surface area contributed by atoms with Crippen LogP contribution in [0.2, 0.25) is 0 Å². The molecule has 0 bridgehead atoms. The van der Waals surface area contributed by atoms with Gasteiger partial charge in [0.15, 0.2) is 0 Å². The summed E-state index contributed by atoms with van der Waals surface area (Å²) in [5, 5.41) is 9.30. The van der Waals surface area contributed by atoms with E-state index in [4.69, 9.17) is 0 Å². The van der Waals surface area contributed by atoms with Crippen molar-refractivity contribution < 1.29 is 10.0 Å². The molecule has 0 spiro atoms. The van der Waals surface area contributed by atoms with E-state index in [2.05, 4.69) is 20.8 Å². The quantitative estimate of drug-likeness (QED) is 0.601. The van der Waals surface area contributed by atoms with Crippen LogP contribution in [0.1, 0.15) is 34.1 Å². The van der Waals surface area contributed by atoms with Crippen molar-refractivity contribution in [2.75, 3.05) is 26.2 Å². The second-order valence-electron chi connectivity index (χ2n) is 2.51. The average molecular weight is 161 g/mol. The number of nitrogens with one attached hydrogen (secondary N) is 1. The third kappa shape index (κ3) is 13.0. The first-order valence-electron chi connectivity index (χ1n) is 4.68. The molecule has 0 unspecified atom stereocenters. The molecular formula is C9H23NO. The van der Waals surface area contributed by atoms with E-state index in [1.807, 2.05) is 6.92 Å². The van der Waals surface area contributed by atoms with Crippen LogP contribution in [0, 0.1) is 0 Å². The van der Waals surface area contributed by atoms with Gasteiger partial charge in [-0.3, -0.25) is 0 Å². The molecule has 2 nitrogen and oxygen atoms in total. The lowest BCUT2D eigenvalue weighted by atomic mass is 10.5. The first-order chi connectivity index (χ1) is 5.26.